The first-order valence-electron chi connectivity index (χ1n) is 6.78. The average Bonchev–Trinajstić information content (AvgIpc) is 2.44. The molecule has 20 heavy (non-hydrogen) atoms. The van der Waals surface area contributed by atoms with Gasteiger partial charge in [0.05, 0.1) is 6.20 Å². The summed E-state index contributed by atoms with van der Waals surface area (Å²) >= 11 is 0. The molecule has 0 saturated carbocycles. The van der Waals surface area contributed by atoms with E-state index in [-0.39, 0.29) is 5.82 Å². The van der Waals surface area contributed by atoms with Gasteiger partial charge in [-0.25, -0.2) is 9.37 Å². The van der Waals surface area contributed by atoms with Gasteiger partial charge in [-0.3, -0.25) is 0 Å². The quantitative estimate of drug-likeness (QED) is 0.872. The number of pyridine rings is 1. The van der Waals surface area contributed by atoms with Crippen molar-refractivity contribution in [1.29, 1.82) is 0 Å². The molecule has 2 aromatic rings. The first-order chi connectivity index (χ1) is 9.72. The third-order valence-corrected chi connectivity index (χ3v) is 2.94. The molecule has 0 atom stereocenters. The van der Waals surface area contributed by atoms with Crippen molar-refractivity contribution in [2.75, 3.05) is 7.05 Å². The van der Waals surface area contributed by atoms with Crippen LogP contribution in [0.5, 0.6) is 11.6 Å². The number of nitrogens with one attached hydrogen (secondary N) is 1. The third kappa shape index (κ3) is 3.78. The number of halogens is 1. The minimum absolute atomic E-state index is 0.360. The molecule has 0 spiro atoms. The van der Waals surface area contributed by atoms with Gasteiger partial charge in [-0.1, -0.05) is 25.5 Å². The molecule has 0 bridgehead atoms. The van der Waals surface area contributed by atoms with Gasteiger partial charge in [0.25, 0.3) is 0 Å². The Kier molecular flexibility index (Phi) is 5.07. The molecule has 0 fully saturated rings. The molecule has 1 N–H and O–H groups in total. The minimum atomic E-state index is -0.360. The Morgan fingerprint density at radius 1 is 1.25 bits per heavy atom. The van der Waals surface area contributed by atoms with Crippen molar-refractivity contribution in [1.82, 2.24) is 10.3 Å². The van der Waals surface area contributed by atoms with E-state index >= 15 is 0 Å². The van der Waals surface area contributed by atoms with Gasteiger partial charge in [0.15, 0.2) is 0 Å². The minimum Gasteiger partial charge on any atom is -0.439 e. The summed E-state index contributed by atoms with van der Waals surface area (Å²) in [6, 6.07) is 9.35. The lowest BCUT2D eigenvalue weighted by atomic mass is 10.1. The van der Waals surface area contributed by atoms with Gasteiger partial charge < -0.3 is 10.1 Å². The van der Waals surface area contributed by atoms with Crippen molar-refractivity contribution in [2.24, 2.45) is 0 Å². The predicted molar refractivity (Wildman–Crippen MR) is 77.5 cm³/mol. The van der Waals surface area contributed by atoms with Crippen LogP contribution in [0, 0.1) is 5.82 Å². The van der Waals surface area contributed by atoms with E-state index in [9.17, 15) is 4.39 Å². The van der Waals surface area contributed by atoms with Crippen molar-refractivity contribution in [2.45, 2.75) is 26.3 Å². The van der Waals surface area contributed by atoms with Gasteiger partial charge >= 0.3 is 0 Å². The van der Waals surface area contributed by atoms with Crippen LogP contribution in [0.4, 0.5) is 4.39 Å². The van der Waals surface area contributed by atoms with Crippen LogP contribution in [0.3, 0.4) is 0 Å². The molecule has 1 heterocycles. The molecule has 0 radical (unpaired) electrons. The molecule has 2 rings (SSSR count). The fourth-order valence-electron chi connectivity index (χ4n) is 2.00. The molecular formula is C16H19FN2O. The summed E-state index contributed by atoms with van der Waals surface area (Å²) < 4.78 is 18.9. The second-order valence-corrected chi connectivity index (χ2v) is 4.64. The van der Waals surface area contributed by atoms with Crippen LogP contribution in [-0.2, 0) is 13.0 Å². The van der Waals surface area contributed by atoms with Gasteiger partial charge in [-0.05, 0) is 37.2 Å². The molecule has 0 aliphatic heterocycles. The zero-order chi connectivity index (χ0) is 14.4. The van der Waals surface area contributed by atoms with Gasteiger partial charge in [0.1, 0.15) is 11.6 Å². The summed E-state index contributed by atoms with van der Waals surface area (Å²) in [4.78, 5) is 4.01. The lowest BCUT2D eigenvalue weighted by Crippen LogP contribution is -2.07. The zero-order valence-corrected chi connectivity index (χ0v) is 11.8. The first-order valence-corrected chi connectivity index (χ1v) is 6.78. The van der Waals surface area contributed by atoms with E-state index in [1.807, 2.05) is 24.3 Å². The summed E-state index contributed by atoms with van der Waals surface area (Å²) in [5, 5.41) is 2.98. The number of benzene rings is 1. The highest BCUT2D eigenvalue weighted by atomic mass is 19.1. The van der Waals surface area contributed by atoms with Crippen LogP contribution in [0.15, 0.2) is 36.5 Å². The fourth-order valence-corrected chi connectivity index (χ4v) is 2.00. The van der Waals surface area contributed by atoms with Crippen LogP contribution in [0.2, 0.25) is 0 Å². The highest BCUT2D eigenvalue weighted by molar-refractivity contribution is 5.34. The highest BCUT2D eigenvalue weighted by Gasteiger charge is 2.08. The molecule has 0 aliphatic rings. The molecule has 0 saturated heterocycles. The predicted octanol–water partition coefficient (Wildman–Crippen LogP) is 3.68. The van der Waals surface area contributed by atoms with E-state index in [1.165, 1.54) is 17.8 Å². The van der Waals surface area contributed by atoms with Crippen LogP contribution in [0.25, 0.3) is 0 Å². The Morgan fingerprint density at radius 3 is 2.65 bits per heavy atom. The largest absolute Gasteiger partial charge is 0.439 e. The maximum absolute atomic E-state index is 13.2. The van der Waals surface area contributed by atoms with E-state index < -0.39 is 0 Å². The molecular weight excluding hydrogens is 255 g/mol. The van der Waals surface area contributed by atoms with Gasteiger partial charge in [-0.2, -0.15) is 0 Å². The van der Waals surface area contributed by atoms with E-state index in [0.29, 0.717) is 23.7 Å². The third-order valence-electron chi connectivity index (χ3n) is 2.94. The monoisotopic (exact) mass is 274 g/mol. The number of rotatable bonds is 6. The van der Waals surface area contributed by atoms with Crippen LogP contribution >= 0.6 is 0 Å². The Labute approximate surface area is 118 Å². The highest BCUT2D eigenvalue weighted by Crippen LogP contribution is 2.24. The number of hydrogen-bond donors (Lipinski definition) is 1. The van der Waals surface area contributed by atoms with Gasteiger partial charge in [0.2, 0.25) is 5.88 Å². The second-order valence-electron chi connectivity index (χ2n) is 4.64. The fraction of sp³-hybridized carbons (Fsp3) is 0.312. The lowest BCUT2D eigenvalue weighted by Gasteiger charge is -2.10. The molecule has 1 aromatic heterocycles. The number of aryl methyl sites for hydroxylation is 1. The molecule has 106 valence electrons. The number of hydrogen-bond acceptors (Lipinski definition) is 3. The standard InChI is InChI=1S/C16H19FN2O/c1-3-4-12-5-7-15(8-6-12)20-16-13(10-18-2)9-14(17)11-19-16/h5-9,11,18H,3-4,10H2,1-2H3. The van der Waals surface area contributed by atoms with E-state index in [0.717, 1.165) is 12.8 Å². The van der Waals surface area contributed by atoms with Crippen LogP contribution in [0.1, 0.15) is 24.5 Å². The number of ether oxygens (including phenoxy) is 1. The summed E-state index contributed by atoms with van der Waals surface area (Å²) in [5.74, 6) is 0.784. The Bertz CT molecular complexity index is 555. The van der Waals surface area contributed by atoms with Crippen molar-refractivity contribution >= 4 is 0 Å². The molecule has 1 aromatic carbocycles. The first kappa shape index (κ1) is 14.5. The molecule has 0 unspecified atom stereocenters. The zero-order valence-electron chi connectivity index (χ0n) is 11.8. The van der Waals surface area contributed by atoms with E-state index in [2.05, 4.69) is 17.2 Å². The average molecular weight is 274 g/mol. The summed E-state index contributed by atoms with van der Waals surface area (Å²) in [5.41, 5.74) is 1.98. The molecule has 0 amide bonds. The second kappa shape index (κ2) is 7.01. The lowest BCUT2D eigenvalue weighted by molar-refractivity contribution is 0.449. The Morgan fingerprint density at radius 2 is 2.00 bits per heavy atom. The normalized spacial score (nSPS) is 10.6. The van der Waals surface area contributed by atoms with E-state index in [1.54, 1.807) is 7.05 Å². The van der Waals surface area contributed by atoms with E-state index in [4.69, 9.17) is 4.74 Å². The molecule has 3 nitrogen and oxygen atoms in total. The van der Waals surface area contributed by atoms with Crippen molar-refractivity contribution in [3.63, 3.8) is 0 Å². The van der Waals surface area contributed by atoms with Gasteiger partial charge in [0, 0.05) is 12.1 Å². The summed E-state index contributed by atoms with van der Waals surface area (Å²) in [7, 11) is 1.80. The maximum Gasteiger partial charge on any atom is 0.223 e. The van der Waals surface area contributed by atoms with Crippen LogP contribution in [-0.4, -0.2) is 12.0 Å². The van der Waals surface area contributed by atoms with Crippen molar-refractivity contribution in [3.8, 4) is 11.6 Å². The molecule has 4 heteroatoms. The smallest absolute Gasteiger partial charge is 0.223 e. The van der Waals surface area contributed by atoms with Crippen molar-refractivity contribution in [3.05, 3.63) is 53.5 Å². The van der Waals surface area contributed by atoms with Gasteiger partial charge in [-0.15, -0.1) is 0 Å². The number of aromatic nitrogens is 1. The summed E-state index contributed by atoms with van der Waals surface area (Å²) in [6.07, 6.45) is 3.34. The topological polar surface area (TPSA) is 34.1 Å². The van der Waals surface area contributed by atoms with Crippen molar-refractivity contribution < 1.29 is 9.13 Å². The van der Waals surface area contributed by atoms with Crippen LogP contribution < -0.4 is 10.1 Å². The Hall–Kier alpha value is -1.94. The molecule has 0 aliphatic carbocycles. The number of nitrogens with zero attached hydrogens (tertiary/aromatic N) is 1. The maximum atomic E-state index is 13.2. The SMILES string of the molecule is CCCc1ccc(Oc2ncc(F)cc2CNC)cc1. The summed E-state index contributed by atoms with van der Waals surface area (Å²) in [6.45, 7) is 2.66. The Balaban J connectivity index is 2.16.